The largest absolute Gasteiger partial charge is 0.421 e. The van der Waals surface area contributed by atoms with Crippen molar-refractivity contribution in [2.24, 2.45) is 0 Å². The Labute approximate surface area is 303 Å². The van der Waals surface area contributed by atoms with Gasteiger partial charge in [-0.1, -0.05) is 121 Å². The fourth-order valence-corrected chi connectivity index (χ4v) is 8.75. The van der Waals surface area contributed by atoms with E-state index in [1.807, 2.05) is 0 Å². The molecule has 0 aliphatic carbocycles. The first-order valence-electron chi connectivity index (χ1n) is 18.0. The van der Waals surface area contributed by atoms with Gasteiger partial charge in [-0.15, -0.1) is 0 Å². The zero-order chi connectivity index (χ0) is 34.2. The quantitative estimate of drug-likeness (QED) is 0.174. The molecule has 52 heavy (non-hydrogen) atoms. The number of fused-ring (bicyclic) bond motifs is 7. The maximum Gasteiger partial charge on any atom is 0.421 e. The minimum Gasteiger partial charge on any atom is -0.361 e. The number of hydrogen-bond donors (Lipinski definition) is 0. The maximum absolute atomic E-state index is 2.55. The summed E-state index contributed by atoms with van der Waals surface area (Å²) in [5, 5.41) is 2.52. The van der Waals surface area contributed by atoms with Crippen LogP contribution in [-0.4, -0.2) is 11.5 Å². The van der Waals surface area contributed by atoms with Crippen LogP contribution >= 0.6 is 0 Å². The van der Waals surface area contributed by atoms with E-state index in [9.17, 15) is 0 Å². The van der Waals surface area contributed by atoms with Gasteiger partial charge < -0.3 is 14.2 Å². The van der Waals surface area contributed by atoms with E-state index >= 15 is 0 Å². The number of benzene rings is 8. The molecule has 3 heterocycles. The van der Waals surface area contributed by atoms with Gasteiger partial charge in [0, 0.05) is 50.3 Å². The van der Waals surface area contributed by atoms with Crippen LogP contribution in [0, 0.1) is 0 Å². The molecular formula is C48H32BN3. The highest BCUT2D eigenvalue weighted by Crippen LogP contribution is 2.49. The molecule has 0 amide bonds. The first kappa shape index (κ1) is 29.0. The molecule has 0 atom stereocenters. The Morgan fingerprint density at radius 2 is 0.846 bits per heavy atom. The normalized spacial score (nSPS) is 12.9. The molecule has 0 fully saturated rings. The molecule has 0 unspecified atom stereocenters. The highest BCUT2D eigenvalue weighted by atomic mass is 15.2. The van der Waals surface area contributed by atoms with Gasteiger partial charge in [-0.2, -0.15) is 0 Å². The van der Waals surface area contributed by atoms with Crippen LogP contribution < -0.4 is 15.1 Å². The fourth-order valence-electron chi connectivity index (χ4n) is 8.75. The van der Waals surface area contributed by atoms with Gasteiger partial charge in [0.2, 0.25) is 0 Å². The third kappa shape index (κ3) is 4.21. The summed E-state index contributed by atoms with van der Waals surface area (Å²) >= 11 is 0. The van der Waals surface area contributed by atoms with Gasteiger partial charge in [0.25, 0.3) is 0 Å². The zero-order valence-electron chi connectivity index (χ0n) is 28.4. The molecule has 3 nitrogen and oxygen atoms in total. The topological polar surface area (TPSA) is 11.4 Å². The van der Waals surface area contributed by atoms with E-state index in [4.69, 9.17) is 0 Å². The lowest BCUT2D eigenvalue weighted by molar-refractivity contribution is 1.18. The van der Waals surface area contributed by atoms with Crippen LogP contribution in [0.15, 0.2) is 194 Å². The number of hydrogen-bond acceptors (Lipinski definition) is 2. The van der Waals surface area contributed by atoms with Crippen molar-refractivity contribution in [3.63, 3.8) is 0 Å². The fraction of sp³-hybridized carbons (Fsp3) is 0. The SMILES string of the molecule is c1ccc(N2B3c4c(cccc4-c4cc(-c5ccc6c(c5)c5ccccc5n6-c5ccccc5)ccc4N3c3ccccc3)-c3ccccc32)cc1. The molecule has 0 N–H and O–H groups in total. The summed E-state index contributed by atoms with van der Waals surface area (Å²) in [5.74, 6) is 0. The lowest BCUT2D eigenvalue weighted by atomic mass is 9.53. The van der Waals surface area contributed by atoms with Gasteiger partial charge >= 0.3 is 6.98 Å². The van der Waals surface area contributed by atoms with E-state index in [0.29, 0.717) is 0 Å². The molecule has 9 aromatic rings. The van der Waals surface area contributed by atoms with E-state index in [1.165, 1.54) is 83.4 Å². The maximum atomic E-state index is 2.55. The number of rotatable bonds is 4. The molecule has 1 aromatic heterocycles. The highest BCUT2D eigenvalue weighted by molar-refractivity contribution is 6.86. The predicted molar refractivity (Wildman–Crippen MR) is 220 cm³/mol. The van der Waals surface area contributed by atoms with E-state index in [2.05, 4.69) is 208 Å². The van der Waals surface area contributed by atoms with E-state index in [0.717, 1.165) is 5.69 Å². The Morgan fingerprint density at radius 1 is 0.327 bits per heavy atom. The van der Waals surface area contributed by atoms with Gasteiger partial charge in [0.15, 0.2) is 0 Å². The highest BCUT2D eigenvalue weighted by Gasteiger charge is 2.46. The van der Waals surface area contributed by atoms with Crippen LogP contribution in [0.4, 0.5) is 22.7 Å². The molecular weight excluding hydrogens is 629 g/mol. The minimum absolute atomic E-state index is 0.0790. The average molecular weight is 662 g/mol. The third-order valence-electron chi connectivity index (χ3n) is 10.9. The summed E-state index contributed by atoms with van der Waals surface area (Å²) in [4.78, 5) is 5.08. The summed E-state index contributed by atoms with van der Waals surface area (Å²) < 4.78 is 2.38. The second-order valence-electron chi connectivity index (χ2n) is 13.7. The van der Waals surface area contributed by atoms with Crippen molar-refractivity contribution in [1.82, 2.24) is 4.57 Å². The molecule has 4 heteroatoms. The summed E-state index contributed by atoms with van der Waals surface area (Å²) in [5.41, 5.74) is 17.2. The van der Waals surface area contributed by atoms with Crippen LogP contribution in [0.25, 0.3) is 60.9 Å². The second-order valence-corrected chi connectivity index (χ2v) is 13.7. The summed E-state index contributed by atoms with van der Waals surface area (Å²) in [6, 6.07) is 70.9. The monoisotopic (exact) mass is 661 g/mol. The van der Waals surface area contributed by atoms with Crippen molar-refractivity contribution in [3.05, 3.63) is 194 Å². The number of para-hydroxylation sites is 5. The van der Waals surface area contributed by atoms with Gasteiger partial charge in [0.1, 0.15) is 0 Å². The molecule has 8 aromatic carbocycles. The third-order valence-corrected chi connectivity index (χ3v) is 10.9. The first-order chi connectivity index (χ1) is 25.8. The molecule has 0 spiro atoms. The second kappa shape index (κ2) is 11.4. The molecule has 2 aliphatic heterocycles. The first-order valence-corrected chi connectivity index (χ1v) is 18.0. The molecule has 11 rings (SSSR count). The molecule has 2 aliphatic rings. The Balaban J connectivity index is 1.15. The molecule has 242 valence electrons. The minimum atomic E-state index is -0.0790. The number of anilines is 4. The van der Waals surface area contributed by atoms with Crippen LogP contribution in [0.1, 0.15) is 0 Å². The molecule has 0 saturated carbocycles. The van der Waals surface area contributed by atoms with Crippen LogP contribution in [0.5, 0.6) is 0 Å². The van der Waals surface area contributed by atoms with Crippen LogP contribution in [0.2, 0.25) is 0 Å². The smallest absolute Gasteiger partial charge is 0.361 e. The zero-order valence-corrected chi connectivity index (χ0v) is 28.4. The molecule has 0 bridgehead atoms. The van der Waals surface area contributed by atoms with Crippen molar-refractivity contribution in [2.75, 3.05) is 9.62 Å². The Kier molecular flexibility index (Phi) is 6.35. The Morgan fingerprint density at radius 3 is 1.58 bits per heavy atom. The van der Waals surface area contributed by atoms with Gasteiger partial charge in [-0.25, -0.2) is 0 Å². The summed E-state index contributed by atoms with van der Waals surface area (Å²) in [6.45, 7) is -0.0790. The lowest BCUT2D eigenvalue weighted by Gasteiger charge is -2.47. The Bertz CT molecular complexity index is 2810. The number of nitrogens with zero attached hydrogens (tertiary/aromatic N) is 3. The van der Waals surface area contributed by atoms with Gasteiger partial charge in [0.05, 0.1) is 11.0 Å². The van der Waals surface area contributed by atoms with Crippen LogP contribution in [-0.2, 0) is 0 Å². The van der Waals surface area contributed by atoms with Crippen molar-refractivity contribution in [2.45, 2.75) is 0 Å². The van der Waals surface area contributed by atoms with E-state index < -0.39 is 0 Å². The summed E-state index contributed by atoms with van der Waals surface area (Å²) in [6.07, 6.45) is 0. The molecule has 0 saturated heterocycles. The molecule has 0 radical (unpaired) electrons. The van der Waals surface area contributed by atoms with E-state index in [1.54, 1.807) is 0 Å². The Hall–Kier alpha value is -6.78. The van der Waals surface area contributed by atoms with Crippen molar-refractivity contribution >= 4 is 57.0 Å². The van der Waals surface area contributed by atoms with Gasteiger partial charge in [-0.05, 0) is 101 Å². The van der Waals surface area contributed by atoms with E-state index in [-0.39, 0.29) is 6.98 Å². The van der Waals surface area contributed by atoms with Crippen molar-refractivity contribution in [1.29, 1.82) is 0 Å². The van der Waals surface area contributed by atoms with Gasteiger partial charge in [-0.3, -0.25) is 0 Å². The number of aromatic nitrogens is 1. The average Bonchev–Trinajstić information content (AvgIpc) is 3.55. The van der Waals surface area contributed by atoms with Crippen molar-refractivity contribution in [3.8, 4) is 39.1 Å². The predicted octanol–water partition coefficient (Wildman–Crippen LogP) is 11.8. The summed E-state index contributed by atoms with van der Waals surface area (Å²) in [7, 11) is 0. The van der Waals surface area contributed by atoms with Crippen LogP contribution in [0.3, 0.4) is 0 Å². The standard InChI is InChI=1S/C48H32BN3/c1-4-15-35(16-5-1)50-44-25-12-10-22-39(44)42-31-33(27-29-45(42)50)34-28-30-47-43(32-34)41-24-14-23-40-38-21-11-13-26-46(38)51(36-17-6-2-7-18-36)49(48(40)41)52(47)37-19-8-3-9-20-37/h1-32H. The lowest BCUT2D eigenvalue weighted by Crippen LogP contribution is -2.61. The van der Waals surface area contributed by atoms with Crippen molar-refractivity contribution < 1.29 is 0 Å².